The van der Waals surface area contributed by atoms with Crippen molar-refractivity contribution in [2.75, 3.05) is 32.7 Å². The average molecular weight is 372 g/mol. The number of thiophene rings is 1. The Morgan fingerprint density at radius 2 is 1.85 bits per heavy atom. The van der Waals surface area contributed by atoms with E-state index in [-0.39, 0.29) is 11.8 Å². The third-order valence-electron chi connectivity index (χ3n) is 4.55. The van der Waals surface area contributed by atoms with Crippen molar-refractivity contribution in [3.8, 4) is 0 Å². The number of benzene rings is 1. The molecule has 2 amide bonds. The average Bonchev–Trinajstić information content (AvgIpc) is 3.05. The Balaban J connectivity index is 1.41. The maximum Gasteiger partial charge on any atom is 0.234 e. The first kappa shape index (κ1) is 18.6. The fourth-order valence-corrected chi connectivity index (χ4v) is 3.80. The summed E-state index contributed by atoms with van der Waals surface area (Å²) in [4.78, 5) is 29.8. The quantitative estimate of drug-likeness (QED) is 0.846. The molecule has 0 spiro atoms. The number of carbonyl (C=O) groups is 2. The zero-order chi connectivity index (χ0) is 18.2. The Hall–Kier alpha value is -2.18. The molecule has 3 rings (SSSR count). The maximum atomic E-state index is 12.4. The molecule has 0 atom stereocenters. The lowest BCUT2D eigenvalue weighted by molar-refractivity contribution is -0.130. The number of hydrogen-bond donors (Lipinski definition) is 1. The van der Waals surface area contributed by atoms with Crippen LogP contribution in [0.3, 0.4) is 0 Å². The second kappa shape index (κ2) is 9.50. The molecule has 2 aromatic rings. The van der Waals surface area contributed by atoms with Crippen LogP contribution in [0.25, 0.3) is 0 Å². The van der Waals surface area contributed by atoms with E-state index in [2.05, 4.69) is 10.2 Å². The van der Waals surface area contributed by atoms with Gasteiger partial charge in [-0.25, -0.2) is 0 Å². The molecule has 5 nitrogen and oxygen atoms in total. The summed E-state index contributed by atoms with van der Waals surface area (Å²) >= 11 is 1.62. The summed E-state index contributed by atoms with van der Waals surface area (Å²) in [5.74, 6) is 0.218. The van der Waals surface area contributed by atoms with Crippen LogP contribution in [0.5, 0.6) is 0 Å². The van der Waals surface area contributed by atoms with Gasteiger partial charge in [0.05, 0.1) is 13.0 Å². The Bertz CT molecular complexity index is 703. The van der Waals surface area contributed by atoms with E-state index in [4.69, 9.17) is 0 Å². The second-order valence-electron chi connectivity index (χ2n) is 6.53. The van der Waals surface area contributed by atoms with Gasteiger partial charge in [-0.05, 0) is 23.4 Å². The summed E-state index contributed by atoms with van der Waals surface area (Å²) in [6.45, 7) is 4.00. The summed E-state index contributed by atoms with van der Waals surface area (Å²) in [5.41, 5.74) is 1.10. The lowest BCUT2D eigenvalue weighted by Crippen LogP contribution is -2.40. The molecule has 0 bridgehead atoms. The summed E-state index contributed by atoms with van der Waals surface area (Å²) in [7, 11) is 0. The lowest BCUT2D eigenvalue weighted by atomic mass is 10.2. The highest BCUT2D eigenvalue weighted by molar-refractivity contribution is 7.10. The van der Waals surface area contributed by atoms with E-state index in [1.807, 2.05) is 52.7 Å². The van der Waals surface area contributed by atoms with E-state index in [1.54, 1.807) is 11.3 Å². The molecule has 1 aliphatic rings. The molecule has 1 fully saturated rings. The SMILES string of the molecule is O=C(CN1CCCN(C(=O)Cc2cccs2)CC1)NCc1ccccc1. The molecule has 26 heavy (non-hydrogen) atoms. The van der Waals surface area contributed by atoms with Gasteiger partial charge in [-0.1, -0.05) is 36.4 Å². The number of rotatable bonds is 6. The van der Waals surface area contributed by atoms with Crippen molar-refractivity contribution < 1.29 is 9.59 Å². The highest BCUT2D eigenvalue weighted by Gasteiger charge is 2.20. The van der Waals surface area contributed by atoms with Crippen LogP contribution in [0.4, 0.5) is 0 Å². The van der Waals surface area contributed by atoms with Crippen molar-refractivity contribution in [2.24, 2.45) is 0 Å². The Morgan fingerprint density at radius 1 is 1.00 bits per heavy atom. The summed E-state index contributed by atoms with van der Waals surface area (Å²) in [5, 5.41) is 4.97. The predicted octanol–water partition coefficient (Wildman–Crippen LogP) is 2.14. The minimum Gasteiger partial charge on any atom is -0.351 e. The van der Waals surface area contributed by atoms with Crippen molar-refractivity contribution in [1.82, 2.24) is 15.1 Å². The van der Waals surface area contributed by atoms with Gasteiger partial charge in [0.2, 0.25) is 11.8 Å². The van der Waals surface area contributed by atoms with Crippen LogP contribution in [0.2, 0.25) is 0 Å². The monoisotopic (exact) mass is 371 g/mol. The number of nitrogens with zero attached hydrogens (tertiary/aromatic N) is 2. The third kappa shape index (κ3) is 5.68. The van der Waals surface area contributed by atoms with Crippen molar-refractivity contribution in [2.45, 2.75) is 19.4 Å². The van der Waals surface area contributed by atoms with E-state index < -0.39 is 0 Å². The molecule has 2 heterocycles. The normalized spacial score (nSPS) is 15.5. The fourth-order valence-electron chi connectivity index (χ4n) is 3.11. The minimum absolute atomic E-state index is 0.0345. The number of amides is 2. The summed E-state index contributed by atoms with van der Waals surface area (Å²) in [6, 6.07) is 13.9. The van der Waals surface area contributed by atoms with Crippen LogP contribution in [0.1, 0.15) is 16.9 Å². The van der Waals surface area contributed by atoms with Gasteiger partial charge >= 0.3 is 0 Å². The zero-order valence-corrected chi connectivity index (χ0v) is 15.7. The van der Waals surface area contributed by atoms with Crippen LogP contribution in [0, 0.1) is 0 Å². The van der Waals surface area contributed by atoms with Crippen LogP contribution >= 0.6 is 11.3 Å². The van der Waals surface area contributed by atoms with Gasteiger partial charge in [0.1, 0.15) is 0 Å². The van der Waals surface area contributed by atoms with Gasteiger partial charge in [-0.15, -0.1) is 11.3 Å². The van der Waals surface area contributed by atoms with Crippen molar-refractivity contribution >= 4 is 23.2 Å². The van der Waals surface area contributed by atoms with Crippen molar-refractivity contribution in [3.05, 3.63) is 58.3 Å². The zero-order valence-electron chi connectivity index (χ0n) is 14.9. The van der Waals surface area contributed by atoms with E-state index in [0.717, 1.165) is 36.5 Å². The molecule has 0 radical (unpaired) electrons. The molecule has 0 saturated carbocycles. The lowest BCUT2D eigenvalue weighted by Gasteiger charge is -2.21. The smallest absolute Gasteiger partial charge is 0.234 e. The van der Waals surface area contributed by atoms with Gasteiger partial charge in [-0.3, -0.25) is 14.5 Å². The van der Waals surface area contributed by atoms with Crippen LogP contribution in [-0.2, 0) is 22.6 Å². The molecule has 1 aliphatic heterocycles. The molecular formula is C20H25N3O2S. The molecule has 1 aromatic heterocycles. The van der Waals surface area contributed by atoms with E-state index >= 15 is 0 Å². The largest absolute Gasteiger partial charge is 0.351 e. The molecule has 6 heteroatoms. The Kier molecular flexibility index (Phi) is 6.80. The van der Waals surface area contributed by atoms with Crippen LogP contribution in [-0.4, -0.2) is 54.3 Å². The fraction of sp³-hybridized carbons (Fsp3) is 0.400. The molecule has 1 saturated heterocycles. The highest BCUT2D eigenvalue weighted by atomic mass is 32.1. The van der Waals surface area contributed by atoms with Crippen LogP contribution in [0.15, 0.2) is 47.8 Å². The van der Waals surface area contributed by atoms with Crippen LogP contribution < -0.4 is 5.32 Å². The highest BCUT2D eigenvalue weighted by Crippen LogP contribution is 2.12. The Labute approximate surface area is 158 Å². The Morgan fingerprint density at radius 3 is 2.62 bits per heavy atom. The van der Waals surface area contributed by atoms with Crippen molar-refractivity contribution in [1.29, 1.82) is 0 Å². The number of hydrogen-bond acceptors (Lipinski definition) is 4. The van der Waals surface area contributed by atoms with Gasteiger partial charge in [-0.2, -0.15) is 0 Å². The second-order valence-corrected chi connectivity index (χ2v) is 7.56. The molecular weight excluding hydrogens is 346 g/mol. The standard InChI is InChI=1S/C20H25N3O2S/c24-19(21-15-17-6-2-1-3-7-17)16-22-9-5-10-23(12-11-22)20(25)14-18-8-4-13-26-18/h1-4,6-8,13H,5,9-12,14-16H2,(H,21,24). The first-order valence-electron chi connectivity index (χ1n) is 9.04. The van der Waals surface area contributed by atoms with E-state index in [9.17, 15) is 9.59 Å². The number of carbonyl (C=O) groups excluding carboxylic acids is 2. The van der Waals surface area contributed by atoms with Gasteiger partial charge in [0, 0.05) is 37.6 Å². The maximum absolute atomic E-state index is 12.4. The first-order valence-corrected chi connectivity index (χ1v) is 9.92. The molecule has 0 unspecified atom stereocenters. The van der Waals surface area contributed by atoms with Gasteiger partial charge in [0.25, 0.3) is 0 Å². The summed E-state index contributed by atoms with van der Waals surface area (Å²) < 4.78 is 0. The van der Waals surface area contributed by atoms with E-state index in [0.29, 0.717) is 26.1 Å². The number of nitrogens with one attached hydrogen (secondary N) is 1. The minimum atomic E-state index is 0.0345. The van der Waals surface area contributed by atoms with Gasteiger partial charge in [0.15, 0.2) is 0 Å². The predicted molar refractivity (Wildman–Crippen MR) is 104 cm³/mol. The topological polar surface area (TPSA) is 52.7 Å². The third-order valence-corrected chi connectivity index (χ3v) is 5.42. The molecule has 138 valence electrons. The molecule has 0 aliphatic carbocycles. The van der Waals surface area contributed by atoms with Crippen molar-refractivity contribution in [3.63, 3.8) is 0 Å². The van der Waals surface area contributed by atoms with E-state index in [1.165, 1.54) is 0 Å². The summed E-state index contributed by atoms with van der Waals surface area (Å²) in [6.07, 6.45) is 1.39. The molecule has 1 aromatic carbocycles. The van der Waals surface area contributed by atoms with Gasteiger partial charge < -0.3 is 10.2 Å². The first-order chi connectivity index (χ1) is 12.7. The molecule has 1 N–H and O–H groups in total.